The van der Waals surface area contributed by atoms with Gasteiger partial charge < -0.3 is 15.2 Å². The molecule has 2 aliphatic rings. The molecule has 0 aliphatic carbocycles. The van der Waals surface area contributed by atoms with E-state index < -0.39 is 5.97 Å². The number of allylic oxidation sites excluding steroid dienone is 2. The molecule has 1 aromatic rings. The van der Waals surface area contributed by atoms with Crippen molar-refractivity contribution in [3.63, 3.8) is 0 Å². The number of thioether (sulfide) groups is 1. The van der Waals surface area contributed by atoms with E-state index in [0.717, 1.165) is 37.5 Å². The molecular weight excluding hydrogens is 394 g/mol. The van der Waals surface area contributed by atoms with E-state index in [1.807, 2.05) is 17.8 Å². The summed E-state index contributed by atoms with van der Waals surface area (Å²) in [6.07, 6.45) is 14.7. The minimum absolute atomic E-state index is 0.268. The lowest BCUT2D eigenvalue weighted by atomic mass is 9.75. The van der Waals surface area contributed by atoms with Crippen LogP contribution in [0.2, 0.25) is 0 Å². The monoisotopic (exact) mass is 431 g/mol. The van der Waals surface area contributed by atoms with Crippen LogP contribution >= 0.6 is 11.8 Å². The standard InChI is InChI=1S/C25H37NO3S/c27-25(28)14-7-2-1-6-12-21-22(24-16-15-23(21)29-24)13-8-9-18-30-19-17-26-20-10-4-3-5-11-20/h1,3-6,10-11,21-24,26H,2,7-9,12-19H2,(H,27,28)/t21-,22+,23-,24+/m1/s1. The number of ether oxygens (including phenoxy) is 1. The van der Waals surface area contributed by atoms with Gasteiger partial charge in [0.25, 0.3) is 0 Å². The van der Waals surface area contributed by atoms with Crippen LogP contribution in [0, 0.1) is 11.8 Å². The van der Waals surface area contributed by atoms with Crippen molar-refractivity contribution in [1.82, 2.24) is 0 Å². The topological polar surface area (TPSA) is 58.6 Å². The molecule has 4 nitrogen and oxygen atoms in total. The molecule has 4 atom stereocenters. The van der Waals surface area contributed by atoms with Gasteiger partial charge in [-0.1, -0.05) is 36.8 Å². The Morgan fingerprint density at radius 3 is 2.67 bits per heavy atom. The molecule has 2 N–H and O–H groups in total. The van der Waals surface area contributed by atoms with Gasteiger partial charge in [-0.2, -0.15) is 11.8 Å². The van der Waals surface area contributed by atoms with Gasteiger partial charge in [0, 0.05) is 24.4 Å². The molecule has 1 aromatic carbocycles. The summed E-state index contributed by atoms with van der Waals surface area (Å²) >= 11 is 2.05. The Labute approximate surface area is 185 Å². The summed E-state index contributed by atoms with van der Waals surface area (Å²) in [6, 6.07) is 10.4. The summed E-state index contributed by atoms with van der Waals surface area (Å²) in [5.41, 5.74) is 1.20. The van der Waals surface area contributed by atoms with Crippen molar-refractivity contribution in [3.8, 4) is 0 Å². The van der Waals surface area contributed by atoms with Crippen molar-refractivity contribution in [3.05, 3.63) is 42.5 Å². The number of para-hydroxylation sites is 1. The first-order valence-corrected chi connectivity index (χ1v) is 12.8. The first kappa shape index (κ1) is 23.2. The van der Waals surface area contributed by atoms with Crippen LogP contribution in [0.25, 0.3) is 0 Å². The Hall–Kier alpha value is -1.46. The quantitative estimate of drug-likeness (QED) is 0.264. The molecule has 2 aliphatic heterocycles. The van der Waals surface area contributed by atoms with E-state index in [4.69, 9.17) is 9.84 Å². The molecule has 30 heavy (non-hydrogen) atoms. The lowest BCUT2D eigenvalue weighted by molar-refractivity contribution is -0.137. The van der Waals surface area contributed by atoms with Gasteiger partial charge >= 0.3 is 5.97 Å². The zero-order valence-corrected chi connectivity index (χ0v) is 18.8. The van der Waals surface area contributed by atoms with Gasteiger partial charge in [-0.25, -0.2) is 0 Å². The summed E-state index contributed by atoms with van der Waals surface area (Å²) in [5.74, 6) is 3.09. The molecule has 0 unspecified atom stereocenters. The molecule has 0 saturated carbocycles. The maximum Gasteiger partial charge on any atom is 0.303 e. The van der Waals surface area contributed by atoms with E-state index in [0.29, 0.717) is 18.1 Å². The number of carboxylic acid groups (broad SMARTS) is 1. The van der Waals surface area contributed by atoms with Crippen LogP contribution in [0.4, 0.5) is 5.69 Å². The van der Waals surface area contributed by atoms with E-state index in [9.17, 15) is 4.79 Å². The number of aliphatic carboxylic acids is 1. The van der Waals surface area contributed by atoms with E-state index in [2.05, 4.69) is 41.7 Å². The SMILES string of the molecule is O=C(O)CCCC=CC[C@@H]1[C@H](CCCCSCCNc2ccccc2)[C@@H]2CC[C@H]1O2. The molecule has 5 heteroatoms. The first-order valence-electron chi connectivity index (χ1n) is 11.6. The van der Waals surface area contributed by atoms with Crippen molar-refractivity contribution in [2.45, 2.75) is 70.0 Å². The summed E-state index contributed by atoms with van der Waals surface area (Å²) in [7, 11) is 0. The highest BCUT2D eigenvalue weighted by atomic mass is 32.2. The number of benzene rings is 1. The average molecular weight is 432 g/mol. The summed E-state index contributed by atoms with van der Waals surface area (Å²) in [4.78, 5) is 10.6. The maximum absolute atomic E-state index is 10.6. The number of rotatable bonds is 15. The summed E-state index contributed by atoms with van der Waals surface area (Å²) < 4.78 is 6.23. The molecule has 0 amide bonds. The largest absolute Gasteiger partial charge is 0.481 e. The molecule has 0 radical (unpaired) electrons. The number of hydrogen-bond donors (Lipinski definition) is 2. The summed E-state index contributed by atoms with van der Waals surface area (Å²) in [5, 5.41) is 12.2. The van der Waals surface area contributed by atoms with Crippen LogP contribution in [0.3, 0.4) is 0 Å². The smallest absolute Gasteiger partial charge is 0.303 e. The van der Waals surface area contributed by atoms with E-state index in [-0.39, 0.29) is 6.42 Å². The number of carbonyl (C=O) groups is 1. The van der Waals surface area contributed by atoms with Crippen molar-refractivity contribution >= 4 is 23.4 Å². The van der Waals surface area contributed by atoms with Crippen LogP contribution in [0.15, 0.2) is 42.5 Å². The van der Waals surface area contributed by atoms with Crippen LogP contribution in [-0.4, -0.2) is 41.3 Å². The normalized spacial score (nSPS) is 25.2. The third-order valence-electron chi connectivity index (χ3n) is 6.35. The van der Waals surface area contributed by atoms with Crippen molar-refractivity contribution < 1.29 is 14.6 Å². The van der Waals surface area contributed by atoms with Crippen LogP contribution < -0.4 is 5.32 Å². The minimum atomic E-state index is -0.699. The highest BCUT2D eigenvalue weighted by Gasteiger charge is 2.47. The van der Waals surface area contributed by atoms with Gasteiger partial charge in [-0.05, 0) is 74.7 Å². The molecule has 3 rings (SSSR count). The van der Waals surface area contributed by atoms with Crippen LogP contribution in [0.1, 0.15) is 57.8 Å². The second-order valence-electron chi connectivity index (χ2n) is 8.51. The van der Waals surface area contributed by atoms with Crippen molar-refractivity contribution in [2.24, 2.45) is 11.8 Å². The van der Waals surface area contributed by atoms with Gasteiger partial charge in [0.05, 0.1) is 12.2 Å². The average Bonchev–Trinajstić information content (AvgIpc) is 3.35. The fourth-order valence-corrected chi connectivity index (χ4v) is 5.71. The van der Waals surface area contributed by atoms with E-state index in [1.165, 1.54) is 43.5 Å². The molecule has 2 fully saturated rings. The number of anilines is 1. The van der Waals surface area contributed by atoms with Gasteiger partial charge in [-0.3, -0.25) is 4.79 Å². The lowest BCUT2D eigenvalue weighted by Gasteiger charge is -2.27. The predicted molar refractivity (Wildman–Crippen MR) is 126 cm³/mol. The Morgan fingerprint density at radius 1 is 1.07 bits per heavy atom. The predicted octanol–water partition coefficient (Wildman–Crippen LogP) is 6.00. The molecule has 0 spiro atoms. The Balaban J connectivity index is 1.25. The fraction of sp³-hybridized carbons (Fsp3) is 0.640. The van der Waals surface area contributed by atoms with E-state index in [1.54, 1.807) is 0 Å². The second kappa shape index (κ2) is 13.1. The maximum atomic E-state index is 10.6. The lowest BCUT2D eigenvalue weighted by Crippen LogP contribution is -2.26. The summed E-state index contributed by atoms with van der Waals surface area (Å²) in [6.45, 7) is 1.02. The fourth-order valence-electron chi connectivity index (χ4n) is 4.85. The molecule has 2 heterocycles. The zero-order chi connectivity index (χ0) is 21.0. The Morgan fingerprint density at radius 2 is 1.87 bits per heavy atom. The molecule has 2 bridgehead atoms. The first-order chi connectivity index (χ1) is 14.7. The van der Waals surface area contributed by atoms with Crippen molar-refractivity contribution in [2.75, 3.05) is 23.4 Å². The molecule has 2 saturated heterocycles. The van der Waals surface area contributed by atoms with Gasteiger partial charge in [0.2, 0.25) is 0 Å². The second-order valence-corrected chi connectivity index (χ2v) is 9.74. The third kappa shape index (κ3) is 7.66. The molecule has 0 aromatic heterocycles. The highest BCUT2D eigenvalue weighted by molar-refractivity contribution is 7.99. The number of unbranched alkanes of at least 4 members (excludes halogenated alkanes) is 2. The van der Waals surface area contributed by atoms with Crippen LogP contribution in [-0.2, 0) is 9.53 Å². The number of carboxylic acids is 1. The van der Waals surface area contributed by atoms with Gasteiger partial charge in [0.15, 0.2) is 0 Å². The van der Waals surface area contributed by atoms with E-state index >= 15 is 0 Å². The third-order valence-corrected chi connectivity index (χ3v) is 7.42. The van der Waals surface area contributed by atoms with Gasteiger partial charge in [0.1, 0.15) is 0 Å². The number of fused-ring (bicyclic) bond motifs is 2. The zero-order valence-electron chi connectivity index (χ0n) is 18.0. The Bertz CT molecular complexity index is 651. The minimum Gasteiger partial charge on any atom is -0.481 e. The van der Waals surface area contributed by atoms with Gasteiger partial charge in [-0.15, -0.1) is 0 Å². The number of nitrogens with one attached hydrogen (secondary N) is 1. The van der Waals surface area contributed by atoms with Crippen LogP contribution in [0.5, 0.6) is 0 Å². The number of hydrogen-bond acceptors (Lipinski definition) is 4. The Kier molecular flexibility index (Phi) is 10.1. The molecular formula is C25H37NO3S. The van der Waals surface area contributed by atoms with Crippen molar-refractivity contribution in [1.29, 1.82) is 0 Å². The highest BCUT2D eigenvalue weighted by Crippen LogP contribution is 2.47. The molecule has 166 valence electrons.